The molecule has 0 aromatic heterocycles. The Morgan fingerprint density at radius 1 is 1.45 bits per heavy atom. The minimum Gasteiger partial charge on any atom is -0.504 e. The molecule has 1 heterocycles. The van der Waals surface area contributed by atoms with E-state index < -0.39 is 0 Å². The first-order chi connectivity index (χ1) is 9.76. The van der Waals surface area contributed by atoms with Crippen molar-refractivity contribution in [2.24, 2.45) is 0 Å². The van der Waals surface area contributed by atoms with Crippen LogP contribution in [0.25, 0.3) is 0 Å². The summed E-state index contributed by atoms with van der Waals surface area (Å²) in [7, 11) is 1.57. The van der Waals surface area contributed by atoms with Crippen LogP contribution in [0.15, 0.2) is 30.9 Å². The third-order valence-electron chi connectivity index (χ3n) is 3.82. The summed E-state index contributed by atoms with van der Waals surface area (Å²) in [5.41, 5.74) is 1.15. The summed E-state index contributed by atoms with van der Waals surface area (Å²) in [5, 5.41) is 13.4. The molecule has 1 saturated heterocycles. The maximum absolute atomic E-state index is 9.99. The van der Waals surface area contributed by atoms with Crippen LogP contribution in [-0.2, 0) is 0 Å². The second kappa shape index (κ2) is 7.31. The van der Waals surface area contributed by atoms with E-state index in [2.05, 4.69) is 16.8 Å². The van der Waals surface area contributed by atoms with Crippen LogP contribution in [0.2, 0.25) is 0 Å². The molecule has 2 N–H and O–H groups in total. The number of aromatic hydroxyl groups is 1. The highest BCUT2D eigenvalue weighted by Gasteiger charge is 2.22. The van der Waals surface area contributed by atoms with Crippen LogP contribution in [0, 0.1) is 0 Å². The summed E-state index contributed by atoms with van der Waals surface area (Å²) in [6.45, 7) is 7.93. The van der Waals surface area contributed by atoms with Crippen molar-refractivity contribution in [1.82, 2.24) is 10.2 Å². The highest BCUT2D eigenvalue weighted by molar-refractivity contribution is 5.42. The number of rotatable bonds is 6. The Balaban J connectivity index is 2.20. The topological polar surface area (TPSA) is 44.7 Å². The standard InChI is InChI=1S/C16H24N2O2/c1-3-4-5-14(18-10-8-17-9-11-18)13-6-7-16(20-2)15(19)12-13/h3,6-7,12,14,17,19H,1,4-5,8-11H2,2H3/t14-/m1/s1. The molecule has 0 saturated carbocycles. The number of piperazine rings is 1. The largest absolute Gasteiger partial charge is 0.504 e. The Morgan fingerprint density at radius 2 is 2.20 bits per heavy atom. The number of nitrogens with zero attached hydrogens (tertiary/aromatic N) is 1. The van der Waals surface area contributed by atoms with Gasteiger partial charge in [-0.2, -0.15) is 0 Å². The SMILES string of the molecule is C=CCC[C@H](c1ccc(OC)c(O)c1)N1CCNCC1. The first kappa shape index (κ1) is 14.9. The van der Waals surface area contributed by atoms with E-state index in [1.54, 1.807) is 7.11 Å². The maximum atomic E-state index is 9.99. The van der Waals surface area contributed by atoms with Gasteiger partial charge in [-0.3, -0.25) is 4.90 Å². The van der Waals surface area contributed by atoms with E-state index in [0.717, 1.165) is 44.6 Å². The molecule has 0 bridgehead atoms. The van der Waals surface area contributed by atoms with Crippen molar-refractivity contribution in [3.8, 4) is 11.5 Å². The number of benzene rings is 1. The van der Waals surface area contributed by atoms with Gasteiger partial charge < -0.3 is 15.2 Å². The van der Waals surface area contributed by atoms with Gasteiger partial charge in [0.15, 0.2) is 11.5 Å². The number of phenolic OH excluding ortho intramolecular Hbond substituents is 1. The number of methoxy groups -OCH3 is 1. The molecule has 2 rings (SSSR count). The average Bonchev–Trinajstić information content (AvgIpc) is 2.49. The normalized spacial score (nSPS) is 17.6. The second-order valence-electron chi connectivity index (χ2n) is 5.10. The van der Waals surface area contributed by atoms with E-state index in [1.165, 1.54) is 0 Å². The van der Waals surface area contributed by atoms with E-state index in [-0.39, 0.29) is 5.75 Å². The zero-order valence-corrected chi connectivity index (χ0v) is 12.1. The molecule has 1 aromatic rings. The minimum atomic E-state index is 0.212. The molecule has 4 nitrogen and oxygen atoms in total. The van der Waals surface area contributed by atoms with Gasteiger partial charge in [-0.1, -0.05) is 12.1 Å². The Morgan fingerprint density at radius 3 is 2.80 bits per heavy atom. The third kappa shape index (κ3) is 3.52. The molecule has 110 valence electrons. The molecule has 0 amide bonds. The van der Waals surface area contributed by atoms with Crippen molar-refractivity contribution >= 4 is 0 Å². The zero-order valence-electron chi connectivity index (χ0n) is 12.1. The van der Waals surface area contributed by atoms with Crippen molar-refractivity contribution in [2.75, 3.05) is 33.3 Å². The second-order valence-corrected chi connectivity index (χ2v) is 5.10. The molecule has 1 aromatic carbocycles. The summed E-state index contributed by atoms with van der Waals surface area (Å²) >= 11 is 0. The van der Waals surface area contributed by atoms with E-state index in [9.17, 15) is 5.11 Å². The van der Waals surface area contributed by atoms with Gasteiger partial charge in [0.05, 0.1) is 7.11 Å². The summed E-state index contributed by atoms with van der Waals surface area (Å²) in [6.07, 6.45) is 3.95. The van der Waals surface area contributed by atoms with Gasteiger partial charge in [-0.25, -0.2) is 0 Å². The molecule has 4 heteroatoms. The van der Waals surface area contributed by atoms with Crippen LogP contribution in [0.4, 0.5) is 0 Å². The van der Waals surface area contributed by atoms with E-state index in [1.807, 2.05) is 24.3 Å². The maximum Gasteiger partial charge on any atom is 0.160 e. The van der Waals surface area contributed by atoms with Crippen LogP contribution in [0.5, 0.6) is 11.5 Å². The third-order valence-corrected chi connectivity index (χ3v) is 3.82. The van der Waals surface area contributed by atoms with Crippen LogP contribution >= 0.6 is 0 Å². The molecule has 0 radical (unpaired) electrons. The average molecular weight is 276 g/mol. The molecule has 20 heavy (non-hydrogen) atoms. The smallest absolute Gasteiger partial charge is 0.160 e. The van der Waals surface area contributed by atoms with Crippen molar-refractivity contribution in [1.29, 1.82) is 0 Å². The van der Waals surface area contributed by atoms with Gasteiger partial charge in [-0.05, 0) is 30.5 Å². The molecule has 1 fully saturated rings. The summed E-state index contributed by atoms with van der Waals surface area (Å²) < 4.78 is 5.12. The Kier molecular flexibility index (Phi) is 5.44. The van der Waals surface area contributed by atoms with Crippen molar-refractivity contribution < 1.29 is 9.84 Å². The van der Waals surface area contributed by atoms with Gasteiger partial charge in [0, 0.05) is 32.2 Å². The van der Waals surface area contributed by atoms with Gasteiger partial charge in [0.1, 0.15) is 0 Å². The van der Waals surface area contributed by atoms with E-state index in [4.69, 9.17) is 4.74 Å². The van der Waals surface area contributed by atoms with Gasteiger partial charge in [0.25, 0.3) is 0 Å². The Hall–Kier alpha value is -1.52. The predicted molar refractivity (Wildman–Crippen MR) is 81.3 cm³/mol. The lowest BCUT2D eigenvalue weighted by molar-refractivity contribution is 0.166. The van der Waals surface area contributed by atoms with Gasteiger partial charge in [0.2, 0.25) is 0 Å². The fourth-order valence-corrected chi connectivity index (χ4v) is 2.74. The van der Waals surface area contributed by atoms with Crippen LogP contribution in [0.1, 0.15) is 24.4 Å². The highest BCUT2D eigenvalue weighted by atomic mass is 16.5. The molecular weight excluding hydrogens is 252 g/mol. The van der Waals surface area contributed by atoms with Crippen LogP contribution in [-0.4, -0.2) is 43.3 Å². The fourth-order valence-electron chi connectivity index (χ4n) is 2.74. The number of nitrogens with one attached hydrogen (secondary N) is 1. The minimum absolute atomic E-state index is 0.212. The molecular formula is C16H24N2O2. The van der Waals surface area contributed by atoms with Crippen molar-refractivity contribution in [3.63, 3.8) is 0 Å². The molecule has 1 atom stereocenters. The Labute approximate surface area is 121 Å². The first-order valence-electron chi connectivity index (χ1n) is 7.19. The molecule has 0 aliphatic carbocycles. The number of hydrogen-bond acceptors (Lipinski definition) is 4. The summed E-state index contributed by atoms with van der Waals surface area (Å²) in [5.74, 6) is 0.736. The lowest BCUT2D eigenvalue weighted by Gasteiger charge is -2.35. The lowest BCUT2D eigenvalue weighted by atomic mass is 9.99. The highest BCUT2D eigenvalue weighted by Crippen LogP contribution is 2.33. The number of hydrogen-bond donors (Lipinski definition) is 2. The zero-order chi connectivity index (χ0) is 14.4. The van der Waals surface area contributed by atoms with E-state index in [0.29, 0.717) is 11.8 Å². The number of allylic oxidation sites excluding steroid dienone is 1. The van der Waals surface area contributed by atoms with Crippen LogP contribution < -0.4 is 10.1 Å². The molecule has 0 spiro atoms. The number of ether oxygens (including phenoxy) is 1. The first-order valence-corrected chi connectivity index (χ1v) is 7.19. The number of phenols is 1. The molecule has 1 aliphatic heterocycles. The summed E-state index contributed by atoms with van der Waals surface area (Å²) in [4.78, 5) is 2.47. The molecule has 1 aliphatic rings. The van der Waals surface area contributed by atoms with Gasteiger partial charge >= 0.3 is 0 Å². The van der Waals surface area contributed by atoms with Crippen molar-refractivity contribution in [2.45, 2.75) is 18.9 Å². The van der Waals surface area contributed by atoms with Gasteiger partial charge in [-0.15, -0.1) is 6.58 Å². The monoisotopic (exact) mass is 276 g/mol. The quantitative estimate of drug-likeness (QED) is 0.783. The van der Waals surface area contributed by atoms with E-state index >= 15 is 0 Å². The fraction of sp³-hybridized carbons (Fsp3) is 0.500. The molecule has 0 unspecified atom stereocenters. The Bertz CT molecular complexity index is 442. The predicted octanol–water partition coefficient (Wildman–Crippen LogP) is 2.31. The summed E-state index contributed by atoms with van der Waals surface area (Å²) in [6, 6.07) is 6.04. The lowest BCUT2D eigenvalue weighted by Crippen LogP contribution is -2.45. The van der Waals surface area contributed by atoms with Crippen molar-refractivity contribution in [3.05, 3.63) is 36.4 Å². The van der Waals surface area contributed by atoms with Crippen LogP contribution in [0.3, 0.4) is 0 Å².